The number of nitro benzene ring substituents is 1. The van der Waals surface area contributed by atoms with Gasteiger partial charge in [0.05, 0.1) is 15.5 Å². The third-order valence-corrected chi connectivity index (χ3v) is 10.9. The summed E-state index contributed by atoms with van der Waals surface area (Å²) < 4.78 is 29.2. The largest absolute Gasteiger partial charge is 0.352 e. The highest BCUT2D eigenvalue weighted by Gasteiger charge is 2.36. The highest BCUT2D eigenvalue weighted by Crippen LogP contribution is 2.29. The molecule has 0 aliphatic heterocycles. The summed E-state index contributed by atoms with van der Waals surface area (Å²) in [6.45, 7) is -0.827. The number of amides is 2. The Morgan fingerprint density at radius 1 is 0.878 bits per heavy atom. The number of nitro groups is 1. The van der Waals surface area contributed by atoms with Crippen LogP contribution in [0.3, 0.4) is 0 Å². The van der Waals surface area contributed by atoms with Gasteiger partial charge in [-0.25, -0.2) is 8.42 Å². The molecule has 1 saturated carbocycles. The zero-order valence-corrected chi connectivity index (χ0v) is 28.9. The molecular formula is C36H36Cl2N4O6S. The first kappa shape index (κ1) is 35.8. The lowest BCUT2D eigenvalue weighted by molar-refractivity contribution is -0.384. The van der Waals surface area contributed by atoms with Crippen LogP contribution in [0.4, 0.5) is 11.4 Å². The minimum atomic E-state index is -4.36. The van der Waals surface area contributed by atoms with Crippen molar-refractivity contribution >= 4 is 56.4 Å². The Morgan fingerprint density at radius 3 is 2.12 bits per heavy atom. The Labute approximate surface area is 295 Å². The van der Waals surface area contributed by atoms with E-state index in [-0.39, 0.29) is 46.2 Å². The second-order valence-corrected chi connectivity index (χ2v) is 14.6. The first-order valence-electron chi connectivity index (χ1n) is 15.9. The van der Waals surface area contributed by atoms with Crippen LogP contribution >= 0.6 is 23.2 Å². The van der Waals surface area contributed by atoms with Crippen molar-refractivity contribution in [1.82, 2.24) is 10.2 Å². The van der Waals surface area contributed by atoms with E-state index in [9.17, 15) is 28.1 Å². The average Bonchev–Trinajstić information content (AvgIpc) is 3.10. The third kappa shape index (κ3) is 9.17. The summed E-state index contributed by atoms with van der Waals surface area (Å²) in [4.78, 5) is 40.9. The summed E-state index contributed by atoms with van der Waals surface area (Å²) in [5.41, 5.74) is 1.11. The van der Waals surface area contributed by atoms with Gasteiger partial charge in [0, 0.05) is 41.2 Å². The molecule has 0 unspecified atom stereocenters. The summed E-state index contributed by atoms with van der Waals surface area (Å²) in [5, 5.41) is 15.2. The van der Waals surface area contributed by atoms with Crippen LogP contribution in [-0.2, 0) is 32.6 Å². The number of nitrogens with zero attached hydrogens (tertiary/aromatic N) is 3. The van der Waals surface area contributed by atoms with Gasteiger partial charge in [0.15, 0.2) is 0 Å². The summed E-state index contributed by atoms with van der Waals surface area (Å²) in [6, 6.07) is 25.5. The highest BCUT2D eigenvalue weighted by atomic mass is 35.5. The van der Waals surface area contributed by atoms with Crippen LogP contribution in [0.25, 0.3) is 0 Å². The standard InChI is InChI=1S/C36H36Cl2N4O6S/c37-28-17-16-27(33(38)23-28)24-40(34(22-26-10-4-1-5-11-26)36(44)39-29-12-6-2-7-13-29)35(43)25-41(30-18-20-31(21-19-30)42(45)46)49(47,48)32-14-8-3-9-15-32/h1,3-5,8-11,14-21,23,29,34H,2,6-7,12-13,22,24-25H2,(H,39,44)/t34-/m1/s1. The lowest BCUT2D eigenvalue weighted by atomic mass is 9.94. The van der Waals surface area contributed by atoms with Crippen molar-refractivity contribution in [2.75, 3.05) is 10.8 Å². The van der Waals surface area contributed by atoms with Gasteiger partial charge in [0.25, 0.3) is 15.7 Å². The molecule has 1 aliphatic rings. The molecular weight excluding hydrogens is 687 g/mol. The van der Waals surface area contributed by atoms with Crippen molar-refractivity contribution < 1.29 is 22.9 Å². The molecule has 4 aromatic carbocycles. The molecule has 10 nitrogen and oxygen atoms in total. The zero-order chi connectivity index (χ0) is 35.0. The number of halogens is 2. The van der Waals surface area contributed by atoms with Crippen LogP contribution in [0.1, 0.15) is 43.2 Å². The number of rotatable bonds is 13. The molecule has 49 heavy (non-hydrogen) atoms. The van der Waals surface area contributed by atoms with Gasteiger partial charge in [-0.1, -0.05) is 97.1 Å². The lowest BCUT2D eigenvalue weighted by Crippen LogP contribution is -2.55. The summed E-state index contributed by atoms with van der Waals surface area (Å²) in [6.07, 6.45) is 4.86. The van der Waals surface area contributed by atoms with E-state index >= 15 is 0 Å². The third-order valence-electron chi connectivity index (χ3n) is 8.54. The quantitative estimate of drug-likeness (QED) is 0.115. The van der Waals surface area contributed by atoms with Gasteiger partial charge in [0.2, 0.25) is 11.8 Å². The molecule has 5 rings (SSSR count). The van der Waals surface area contributed by atoms with Crippen molar-refractivity contribution in [2.24, 2.45) is 0 Å². The van der Waals surface area contributed by atoms with Gasteiger partial charge in [0.1, 0.15) is 12.6 Å². The topological polar surface area (TPSA) is 130 Å². The molecule has 256 valence electrons. The predicted molar refractivity (Wildman–Crippen MR) is 190 cm³/mol. The summed E-state index contributed by atoms with van der Waals surface area (Å²) in [7, 11) is -4.36. The van der Waals surface area contributed by atoms with Crippen molar-refractivity contribution in [3.05, 3.63) is 134 Å². The number of nitrogens with one attached hydrogen (secondary N) is 1. The van der Waals surface area contributed by atoms with Gasteiger partial charge in [-0.2, -0.15) is 0 Å². The van der Waals surface area contributed by atoms with E-state index in [0.29, 0.717) is 10.6 Å². The summed E-state index contributed by atoms with van der Waals surface area (Å²) >= 11 is 12.8. The molecule has 13 heteroatoms. The maximum absolute atomic E-state index is 14.7. The van der Waals surface area contributed by atoms with Crippen LogP contribution < -0.4 is 9.62 Å². The molecule has 1 atom stereocenters. The fourth-order valence-corrected chi connectivity index (χ4v) is 7.82. The van der Waals surface area contributed by atoms with Gasteiger partial charge in [-0.05, 0) is 60.4 Å². The summed E-state index contributed by atoms with van der Waals surface area (Å²) in [5.74, 6) is -1.04. The van der Waals surface area contributed by atoms with E-state index < -0.39 is 33.4 Å². The lowest BCUT2D eigenvalue weighted by Gasteiger charge is -2.35. The van der Waals surface area contributed by atoms with Crippen LogP contribution in [0.15, 0.2) is 108 Å². The Bertz CT molecular complexity index is 1870. The monoisotopic (exact) mass is 722 g/mol. The number of non-ortho nitro benzene ring substituents is 1. The van der Waals surface area contributed by atoms with E-state index in [0.717, 1.165) is 42.0 Å². The van der Waals surface area contributed by atoms with E-state index in [2.05, 4.69) is 5.32 Å². The van der Waals surface area contributed by atoms with E-state index in [4.69, 9.17) is 23.2 Å². The van der Waals surface area contributed by atoms with Crippen LogP contribution in [-0.4, -0.2) is 48.7 Å². The van der Waals surface area contributed by atoms with E-state index in [1.807, 2.05) is 30.3 Å². The molecule has 1 fully saturated rings. The highest BCUT2D eigenvalue weighted by molar-refractivity contribution is 7.92. The van der Waals surface area contributed by atoms with Crippen molar-refractivity contribution in [2.45, 2.75) is 62.0 Å². The maximum atomic E-state index is 14.7. The number of hydrogen-bond donors (Lipinski definition) is 1. The second kappa shape index (κ2) is 16.3. The van der Waals surface area contributed by atoms with Crippen LogP contribution in [0.5, 0.6) is 0 Å². The Morgan fingerprint density at radius 2 is 1.51 bits per heavy atom. The van der Waals surface area contributed by atoms with Crippen molar-refractivity contribution in [3.63, 3.8) is 0 Å². The molecule has 1 aliphatic carbocycles. The number of sulfonamides is 1. The fraction of sp³-hybridized carbons (Fsp3) is 0.278. The number of anilines is 1. The Hall–Kier alpha value is -4.45. The van der Waals surface area contributed by atoms with Gasteiger partial charge in [-0.3, -0.25) is 24.0 Å². The minimum absolute atomic E-state index is 0.0403. The molecule has 0 radical (unpaired) electrons. The zero-order valence-electron chi connectivity index (χ0n) is 26.6. The molecule has 1 N–H and O–H groups in total. The van der Waals surface area contributed by atoms with Crippen LogP contribution in [0, 0.1) is 10.1 Å². The number of benzene rings is 4. The number of carbonyl (C=O) groups excluding carboxylic acids is 2. The molecule has 0 saturated heterocycles. The van der Waals surface area contributed by atoms with Crippen LogP contribution in [0.2, 0.25) is 10.0 Å². The second-order valence-electron chi connectivity index (χ2n) is 11.9. The van der Waals surface area contributed by atoms with E-state index in [1.165, 1.54) is 41.3 Å². The fourth-order valence-electron chi connectivity index (χ4n) is 5.92. The molecule has 0 spiro atoms. The van der Waals surface area contributed by atoms with Crippen molar-refractivity contribution in [1.29, 1.82) is 0 Å². The smallest absolute Gasteiger partial charge is 0.269 e. The van der Waals surface area contributed by atoms with Crippen molar-refractivity contribution in [3.8, 4) is 0 Å². The Kier molecular flexibility index (Phi) is 11.9. The maximum Gasteiger partial charge on any atom is 0.269 e. The van der Waals surface area contributed by atoms with Gasteiger partial charge >= 0.3 is 0 Å². The van der Waals surface area contributed by atoms with E-state index in [1.54, 1.807) is 36.4 Å². The SMILES string of the molecule is O=C(NC1CCCCC1)[C@@H](Cc1ccccc1)N(Cc1ccc(Cl)cc1Cl)C(=O)CN(c1ccc([N+](=O)[O-])cc1)S(=O)(=O)c1ccccc1. The van der Waals surface area contributed by atoms with Gasteiger partial charge < -0.3 is 10.2 Å². The Balaban J connectivity index is 1.58. The average molecular weight is 724 g/mol. The first-order valence-corrected chi connectivity index (χ1v) is 18.1. The molecule has 2 amide bonds. The predicted octanol–water partition coefficient (Wildman–Crippen LogP) is 7.19. The molecule has 0 heterocycles. The molecule has 0 bridgehead atoms. The minimum Gasteiger partial charge on any atom is -0.352 e. The molecule has 0 aromatic heterocycles. The number of hydrogen-bond acceptors (Lipinski definition) is 6. The van der Waals surface area contributed by atoms with Gasteiger partial charge in [-0.15, -0.1) is 0 Å². The normalized spacial score (nSPS) is 14.1. The first-order chi connectivity index (χ1) is 23.5. The molecule has 4 aromatic rings. The number of carbonyl (C=O) groups is 2.